The smallest absolute Gasteiger partial charge is 0.409 e. The van der Waals surface area contributed by atoms with Crippen LogP contribution >= 0.6 is 0 Å². The monoisotopic (exact) mass is 297 g/mol. The van der Waals surface area contributed by atoms with Gasteiger partial charge in [0.15, 0.2) is 0 Å². The van der Waals surface area contributed by atoms with E-state index >= 15 is 0 Å². The lowest BCUT2D eigenvalue weighted by molar-refractivity contribution is -0.134. The average molecular weight is 297 g/mol. The Kier molecular flexibility index (Phi) is 5.85. The van der Waals surface area contributed by atoms with Gasteiger partial charge in [-0.2, -0.15) is 0 Å². The van der Waals surface area contributed by atoms with Gasteiger partial charge in [0.25, 0.3) is 0 Å². The normalized spacial score (nSPS) is 21.4. The van der Waals surface area contributed by atoms with Crippen LogP contribution in [0.25, 0.3) is 0 Å². The van der Waals surface area contributed by atoms with Gasteiger partial charge in [0.05, 0.1) is 13.2 Å². The summed E-state index contributed by atoms with van der Waals surface area (Å²) in [6.07, 6.45) is 1.98. The van der Waals surface area contributed by atoms with Gasteiger partial charge in [-0.25, -0.2) is 4.79 Å². The SMILES string of the molecule is CCOC(=O)N1CCN(CC(=O)N2CCC(C)CC2)CC1. The highest BCUT2D eigenvalue weighted by atomic mass is 16.6. The Morgan fingerprint density at radius 1 is 1.00 bits per heavy atom. The fourth-order valence-electron chi connectivity index (χ4n) is 2.85. The molecule has 0 saturated carbocycles. The predicted molar refractivity (Wildman–Crippen MR) is 80.0 cm³/mol. The highest BCUT2D eigenvalue weighted by Crippen LogP contribution is 2.16. The maximum absolute atomic E-state index is 12.3. The van der Waals surface area contributed by atoms with Gasteiger partial charge in [0.1, 0.15) is 0 Å². The number of hydrogen-bond acceptors (Lipinski definition) is 4. The molecule has 2 saturated heterocycles. The molecule has 6 nitrogen and oxygen atoms in total. The van der Waals surface area contributed by atoms with E-state index in [0.29, 0.717) is 26.2 Å². The summed E-state index contributed by atoms with van der Waals surface area (Å²) in [5.74, 6) is 0.966. The summed E-state index contributed by atoms with van der Waals surface area (Å²) >= 11 is 0. The molecule has 2 aliphatic rings. The van der Waals surface area contributed by atoms with Gasteiger partial charge in [0.2, 0.25) is 5.91 Å². The van der Waals surface area contributed by atoms with Crippen molar-refractivity contribution in [1.29, 1.82) is 0 Å². The second kappa shape index (κ2) is 7.64. The standard InChI is InChI=1S/C15H27N3O3/c1-3-21-15(20)18-10-8-16(9-11-18)12-14(19)17-6-4-13(2)5-7-17/h13H,3-12H2,1-2H3. The number of piperidine rings is 1. The van der Waals surface area contributed by atoms with Gasteiger partial charge in [-0.05, 0) is 25.7 Å². The zero-order valence-corrected chi connectivity index (χ0v) is 13.2. The molecule has 0 spiro atoms. The number of likely N-dealkylation sites (tertiary alicyclic amines) is 1. The second-order valence-electron chi connectivity index (χ2n) is 6.03. The Morgan fingerprint density at radius 2 is 1.62 bits per heavy atom. The summed E-state index contributed by atoms with van der Waals surface area (Å²) in [5.41, 5.74) is 0. The summed E-state index contributed by atoms with van der Waals surface area (Å²) in [6, 6.07) is 0. The minimum atomic E-state index is -0.242. The fraction of sp³-hybridized carbons (Fsp3) is 0.867. The number of rotatable bonds is 3. The zero-order chi connectivity index (χ0) is 15.2. The fourth-order valence-corrected chi connectivity index (χ4v) is 2.85. The molecule has 2 fully saturated rings. The molecular weight excluding hydrogens is 270 g/mol. The van der Waals surface area contributed by atoms with E-state index in [-0.39, 0.29) is 12.0 Å². The van der Waals surface area contributed by atoms with E-state index in [4.69, 9.17) is 4.74 Å². The molecule has 21 heavy (non-hydrogen) atoms. The Labute approximate surface area is 127 Å². The van der Waals surface area contributed by atoms with Crippen LogP contribution < -0.4 is 0 Å². The van der Waals surface area contributed by atoms with Crippen LogP contribution in [-0.4, -0.2) is 79.1 Å². The lowest BCUT2D eigenvalue weighted by Gasteiger charge is -2.36. The average Bonchev–Trinajstić information content (AvgIpc) is 2.49. The minimum absolute atomic E-state index is 0.228. The maximum Gasteiger partial charge on any atom is 0.409 e. The van der Waals surface area contributed by atoms with Crippen LogP contribution in [0.5, 0.6) is 0 Å². The molecule has 2 amide bonds. The molecule has 0 unspecified atom stereocenters. The van der Waals surface area contributed by atoms with Crippen molar-refractivity contribution in [3.8, 4) is 0 Å². The van der Waals surface area contributed by atoms with Gasteiger partial charge < -0.3 is 14.5 Å². The quantitative estimate of drug-likeness (QED) is 0.780. The van der Waals surface area contributed by atoms with Crippen molar-refractivity contribution in [3.05, 3.63) is 0 Å². The van der Waals surface area contributed by atoms with Crippen molar-refractivity contribution in [2.75, 3.05) is 52.4 Å². The molecule has 2 rings (SSSR count). The van der Waals surface area contributed by atoms with Crippen molar-refractivity contribution in [1.82, 2.24) is 14.7 Å². The Balaban J connectivity index is 1.70. The molecule has 0 aromatic carbocycles. The largest absolute Gasteiger partial charge is 0.450 e. The molecule has 6 heteroatoms. The van der Waals surface area contributed by atoms with E-state index in [1.807, 2.05) is 11.8 Å². The van der Waals surface area contributed by atoms with E-state index in [2.05, 4.69) is 11.8 Å². The Bertz CT molecular complexity index is 359. The molecule has 0 aliphatic carbocycles. The van der Waals surface area contributed by atoms with Gasteiger partial charge >= 0.3 is 6.09 Å². The van der Waals surface area contributed by atoms with Gasteiger partial charge in [-0.3, -0.25) is 9.69 Å². The van der Waals surface area contributed by atoms with Crippen molar-refractivity contribution in [2.24, 2.45) is 5.92 Å². The molecule has 0 radical (unpaired) electrons. The number of piperazine rings is 1. The number of hydrogen-bond donors (Lipinski definition) is 0. The first-order valence-electron chi connectivity index (χ1n) is 8.02. The summed E-state index contributed by atoms with van der Waals surface area (Å²) in [7, 11) is 0. The minimum Gasteiger partial charge on any atom is -0.450 e. The molecule has 2 aliphatic heterocycles. The first kappa shape index (κ1) is 16.1. The van der Waals surface area contributed by atoms with Crippen molar-refractivity contribution in [2.45, 2.75) is 26.7 Å². The Morgan fingerprint density at radius 3 is 2.19 bits per heavy atom. The van der Waals surface area contributed by atoms with Gasteiger partial charge in [0, 0.05) is 39.3 Å². The number of nitrogens with zero attached hydrogens (tertiary/aromatic N) is 3. The third-order valence-electron chi connectivity index (χ3n) is 4.39. The number of carbonyl (C=O) groups excluding carboxylic acids is 2. The first-order valence-corrected chi connectivity index (χ1v) is 8.02. The maximum atomic E-state index is 12.3. The van der Waals surface area contributed by atoms with Gasteiger partial charge in [-0.15, -0.1) is 0 Å². The van der Waals surface area contributed by atoms with Crippen LogP contribution in [-0.2, 0) is 9.53 Å². The molecule has 0 atom stereocenters. The highest BCUT2D eigenvalue weighted by molar-refractivity contribution is 5.78. The van der Waals surface area contributed by atoms with Crippen LogP contribution in [0, 0.1) is 5.92 Å². The number of ether oxygens (including phenoxy) is 1. The van der Waals surface area contributed by atoms with Crippen molar-refractivity contribution < 1.29 is 14.3 Å². The van der Waals surface area contributed by atoms with Crippen molar-refractivity contribution >= 4 is 12.0 Å². The Hall–Kier alpha value is -1.30. The molecule has 2 heterocycles. The topological polar surface area (TPSA) is 53.1 Å². The van der Waals surface area contributed by atoms with E-state index in [1.165, 1.54) is 0 Å². The summed E-state index contributed by atoms with van der Waals surface area (Å²) in [6.45, 7) is 9.50. The lowest BCUT2D eigenvalue weighted by Crippen LogP contribution is -2.52. The van der Waals surface area contributed by atoms with E-state index < -0.39 is 0 Å². The van der Waals surface area contributed by atoms with Crippen LogP contribution in [0.3, 0.4) is 0 Å². The second-order valence-corrected chi connectivity index (χ2v) is 6.03. The third-order valence-corrected chi connectivity index (χ3v) is 4.39. The van der Waals surface area contributed by atoms with Crippen LogP contribution in [0.15, 0.2) is 0 Å². The number of amides is 2. The van der Waals surface area contributed by atoms with E-state index in [0.717, 1.165) is 44.9 Å². The van der Waals surface area contributed by atoms with E-state index in [1.54, 1.807) is 4.90 Å². The summed E-state index contributed by atoms with van der Waals surface area (Å²) < 4.78 is 5.00. The molecule has 0 N–H and O–H groups in total. The number of carbonyl (C=O) groups is 2. The molecule has 0 aromatic rings. The van der Waals surface area contributed by atoms with Crippen LogP contribution in [0.1, 0.15) is 26.7 Å². The predicted octanol–water partition coefficient (Wildman–Crippen LogP) is 1.02. The summed E-state index contributed by atoms with van der Waals surface area (Å²) in [4.78, 5) is 29.7. The lowest BCUT2D eigenvalue weighted by atomic mass is 9.99. The highest BCUT2D eigenvalue weighted by Gasteiger charge is 2.26. The van der Waals surface area contributed by atoms with Crippen molar-refractivity contribution in [3.63, 3.8) is 0 Å². The zero-order valence-electron chi connectivity index (χ0n) is 13.2. The molecule has 0 bridgehead atoms. The third kappa shape index (κ3) is 4.59. The van der Waals surface area contributed by atoms with Gasteiger partial charge in [-0.1, -0.05) is 6.92 Å². The van der Waals surface area contributed by atoms with Crippen LogP contribution in [0.4, 0.5) is 4.79 Å². The molecule has 0 aromatic heterocycles. The van der Waals surface area contributed by atoms with Crippen LogP contribution in [0.2, 0.25) is 0 Å². The van der Waals surface area contributed by atoms with E-state index in [9.17, 15) is 9.59 Å². The molecular formula is C15H27N3O3. The summed E-state index contributed by atoms with van der Waals surface area (Å²) in [5, 5.41) is 0. The first-order chi connectivity index (χ1) is 10.1. The molecule has 120 valence electrons.